The van der Waals surface area contributed by atoms with Gasteiger partial charge in [-0.25, -0.2) is 4.79 Å². The van der Waals surface area contributed by atoms with Crippen molar-refractivity contribution in [2.24, 2.45) is 0 Å². The quantitative estimate of drug-likeness (QED) is 0.155. The molecule has 16 N–H and O–H groups in total. The van der Waals surface area contributed by atoms with Crippen molar-refractivity contribution in [1.82, 2.24) is 28.0 Å². The van der Waals surface area contributed by atoms with Crippen LogP contribution in [0.1, 0.15) is 6.23 Å². The number of nitrogens with zero attached hydrogens (tertiary/aromatic N) is 2. The van der Waals surface area contributed by atoms with E-state index in [0.29, 0.717) is 0 Å². The molecule has 5 atom stereocenters. The van der Waals surface area contributed by atoms with Crippen LogP contribution < -0.4 is 44.3 Å². The summed E-state index contributed by atoms with van der Waals surface area (Å²) in [7, 11) is -11.4. The van der Waals surface area contributed by atoms with E-state index >= 15 is 0 Å². The number of rotatable bonds is 7. The predicted molar refractivity (Wildman–Crippen MR) is 90.0 cm³/mol. The first-order valence-corrected chi connectivity index (χ1v) is 9.55. The van der Waals surface area contributed by atoms with Crippen LogP contribution in [0, 0.1) is 0 Å². The minimum atomic E-state index is -5.88. The fraction of sp³-hybridized carbons (Fsp3) is 0.556. The minimum absolute atomic E-state index is 0. The Morgan fingerprint density at radius 1 is 1.21 bits per heavy atom. The zero-order valence-electron chi connectivity index (χ0n) is 15.5. The van der Waals surface area contributed by atoms with Crippen LogP contribution in [0.25, 0.3) is 0 Å². The third kappa shape index (κ3) is 7.78. The lowest BCUT2D eigenvalue weighted by Gasteiger charge is -2.35. The Kier molecular flexibility index (Phi) is 11.5. The third-order valence-electron chi connectivity index (χ3n) is 3.15. The first-order valence-electron chi connectivity index (χ1n) is 6.63. The number of aliphatic hydroxyl groups excluding tert-OH is 2. The maximum Gasteiger partial charge on any atom is 0.351 e. The zero-order valence-corrected chi connectivity index (χ0v) is 17.3. The van der Waals surface area contributed by atoms with E-state index in [1.165, 1.54) is 0 Å². The first kappa shape index (κ1) is 29.9. The normalized spacial score (nSPS) is 25.7. The van der Waals surface area contributed by atoms with Gasteiger partial charge in [0.05, 0.1) is 14.4 Å². The Labute approximate surface area is 162 Å². The topological polar surface area (TPSA) is 348 Å². The molecule has 1 aromatic heterocycles. The molecule has 1 aliphatic heterocycles. The molecule has 0 amide bonds. The second-order valence-electron chi connectivity index (χ2n) is 4.93. The molecule has 1 aromatic rings. The van der Waals surface area contributed by atoms with E-state index in [4.69, 9.17) is 9.94 Å². The number of phosphoric acid groups is 2. The van der Waals surface area contributed by atoms with Gasteiger partial charge >= 0.3 is 5.69 Å². The van der Waals surface area contributed by atoms with Gasteiger partial charge in [0.1, 0.15) is 18.3 Å². The van der Waals surface area contributed by atoms with Gasteiger partial charge in [0.25, 0.3) is 7.82 Å². The summed E-state index contributed by atoms with van der Waals surface area (Å²) in [6.45, 7) is -1.02. The lowest BCUT2D eigenvalue weighted by Crippen LogP contribution is -2.36. The molecular weight excluding hydrogens is 446 g/mol. The van der Waals surface area contributed by atoms with Gasteiger partial charge in [-0.05, 0) is 6.07 Å². The van der Waals surface area contributed by atoms with E-state index in [1.54, 1.807) is 5.48 Å². The molecule has 2 heterocycles. The predicted octanol–water partition coefficient (Wildman–Crippen LogP) is -2.88. The van der Waals surface area contributed by atoms with Gasteiger partial charge in [-0.15, -0.1) is 0 Å². The van der Waals surface area contributed by atoms with Crippen LogP contribution in [-0.4, -0.2) is 49.9 Å². The third-order valence-corrected chi connectivity index (χ3v) is 5.22. The number of ether oxygens (including phenoxy) is 1. The maximum absolute atomic E-state index is 11.8. The van der Waals surface area contributed by atoms with Crippen molar-refractivity contribution >= 4 is 21.5 Å². The van der Waals surface area contributed by atoms with Crippen LogP contribution in [0.4, 0.5) is 5.82 Å². The fourth-order valence-corrected chi connectivity index (χ4v) is 3.57. The van der Waals surface area contributed by atoms with Gasteiger partial charge < -0.3 is 57.2 Å². The van der Waals surface area contributed by atoms with Gasteiger partial charge in [-0.1, -0.05) is 0 Å². The van der Waals surface area contributed by atoms with E-state index in [2.05, 4.69) is 13.8 Å². The number of hydrogen-bond acceptors (Lipinski definition) is 14. The summed E-state index contributed by atoms with van der Waals surface area (Å²) in [5, 5.41) is 28.4. The maximum atomic E-state index is 11.8. The monoisotopic (exact) mass is 470 g/mol. The molecule has 1 aliphatic rings. The molecule has 18 nitrogen and oxygen atoms in total. The highest BCUT2D eigenvalue weighted by molar-refractivity contribution is 7.58. The number of anilines is 1. The number of nitrogens with one attached hydrogen (secondary N) is 1. The molecular formula is C9H24N6O12P2. The van der Waals surface area contributed by atoms with Gasteiger partial charge in [-0.2, -0.15) is 4.98 Å². The SMILES string of the molecule is O=c1nc(NO)ccn1[C@@H]1O[C@H](COP(=O)([O-])OP(=O)([O-])[O-])[C@@H](O)[C@H]1O.[NH4+].[NH4+].[NH4+]. The van der Waals surface area contributed by atoms with Crippen molar-refractivity contribution < 1.29 is 52.8 Å². The molecule has 0 aromatic carbocycles. The highest BCUT2D eigenvalue weighted by Gasteiger charge is 2.44. The molecule has 1 unspecified atom stereocenters. The highest BCUT2D eigenvalue weighted by Crippen LogP contribution is 2.50. The Hall–Kier alpha value is -1.34. The number of quaternary nitrogens is 3. The molecule has 0 saturated carbocycles. The van der Waals surface area contributed by atoms with Crippen LogP contribution >= 0.6 is 15.6 Å². The van der Waals surface area contributed by atoms with E-state index in [-0.39, 0.29) is 24.3 Å². The van der Waals surface area contributed by atoms with Crippen molar-refractivity contribution in [1.29, 1.82) is 0 Å². The Bertz CT molecular complexity index is 802. The van der Waals surface area contributed by atoms with Crippen molar-refractivity contribution in [3.8, 4) is 0 Å². The number of aliphatic hydroxyl groups is 2. The van der Waals surface area contributed by atoms with Gasteiger partial charge in [0.2, 0.25) is 0 Å². The molecule has 20 heteroatoms. The van der Waals surface area contributed by atoms with Crippen molar-refractivity contribution in [3.05, 3.63) is 22.7 Å². The summed E-state index contributed by atoms with van der Waals surface area (Å²) in [5.74, 6) is -0.205. The summed E-state index contributed by atoms with van der Waals surface area (Å²) in [4.78, 5) is 46.9. The summed E-state index contributed by atoms with van der Waals surface area (Å²) in [5.41, 5.74) is 0.631. The van der Waals surface area contributed by atoms with E-state index in [9.17, 15) is 38.8 Å². The largest absolute Gasteiger partial charge is 0.790 e. The van der Waals surface area contributed by atoms with Crippen molar-refractivity contribution in [3.63, 3.8) is 0 Å². The average molecular weight is 470 g/mol. The molecule has 1 saturated heterocycles. The number of hydrogen-bond donors (Lipinski definition) is 7. The van der Waals surface area contributed by atoms with Crippen LogP contribution in [0.2, 0.25) is 0 Å². The fourth-order valence-electron chi connectivity index (χ4n) is 2.08. The summed E-state index contributed by atoms with van der Waals surface area (Å²) in [6, 6.07) is 1.13. The average Bonchev–Trinajstić information content (AvgIpc) is 2.79. The second kappa shape index (κ2) is 11.2. The first-order chi connectivity index (χ1) is 11.9. The highest BCUT2D eigenvalue weighted by atomic mass is 31.3. The van der Waals surface area contributed by atoms with Crippen LogP contribution in [-0.2, 0) is 22.7 Å². The molecule has 1 fully saturated rings. The van der Waals surface area contributed by atoms with Crippen molar-refractivity contribution in [2.45, 2.75) is 24.5 Å². The Balaban J connectivity index is 0. The summed E-state index contributed by atoms with van der Waals surface area (Å²) < 4.78 is 34.7. The zero-order chi connectivity index (χ0) is 19.7. The molecule has 0 spiro atoms. The Morgan fingerprint density at radius 2 is 1.79 bits per heavy atom. The lowest BCUT2D eigenvalue weighted by molar-refractivity contribution is -0.339. The number of aromatic nitrogens is 2. The molecule has 0 aliphatic carbocycles. The minimum Gasteiger partial charge on any atom is -0.790 e. The Morgan fingerprint density at radius 3 is 2.28 bits per heavy atom. The van der Waals surface area contributed by atoms with Crippen LogP contribution in [0.3, 0.4) is 0 Å². The molecule has 2 rings (SSSR count). The van der Waals surface area contributed by atoms with E-state index in [0.717, 1.165) is 16.8 Å². The smallest absolute Gasteiger partial charge is 0.351 e. The lowest BCUT2D eigenvalue weighted by atomic mass is 10.1. The molecule has 0 bridgehead atoms. The standard InChI is InChI=1S/C9H15N3O12P2.3H3N/c13-6-4(3-22-26(20,21)24-25(17,18)19)23-8(7(6)14)12-2-1-5(11-16)10-9(12)15;;;/h1-2,4,6-8,13-14,16H,3H2,(H,20,21)(H,10,11,15)(H2,17,18,19);3*1H3/t4-,6-,7-,8-;;;/m1.../s1. The van der Waals surface area contributed by atoms with Crippen molar-refractivity contribution in [2.75, 3.05) is 12.1 Å². The molecule has 172 valence electrons. The van der Waals surface area contributed by atoms with E-state index in [1.807, 2.05) is 0 Å². The van der Waals surface area contributed by atoms with Gasteiger partial charge in [0.15, 0.2) is 12.0 Å². The van der Waals surface area contributed by atoms with Gasteiger partial charge in [-0.3, -0.25) is 24.1 Å². The van der Waals surface area contributed by atoms with Crippen LogP contribution in [0.5, 0.6) is 0 Å². The summed E-state index contributed by atoms with van der Waals surface area (Å²) in [6.07, 6.45) is -5.42. The second-order valence-corrected chi connectivity index (χ2v) is 7.63. The van der Waals surface area contributed by atoms with E-state index < -0.39 is 52.5 Å². The van der Waals surface area contributed by atoms with Gasteiger partial charge in [0, 0.05) is 6.20 Å². The summed E-state index contributed by atoms with van der Waals surface area (Å²) >= 11 is 0. The number of phosphoric ester groups is 1. The molecule has 0 radical (unpaired) electrons. The molecule has 29 heavy (non-hydrogen) atoms. The van der Waals surface area contributed by atoms with Crippen LogP contribution in [0.15, 0.2) is 17.1 Å².